The van der Waals surface area contributed by atoms with Crippen molar-refractivity contribution in [3.05, 3.63) is 59.6 Å². The third-order valence-electron chi connectivity index (χ3n) is 4.79. The Labute approximate surface area is 207 Å². The molecule has 5 rings (SSSR count). The van der Waals surface area contributed by atoms with Crippen LogP contribution in [0.5, 0.6) is 0 Å². The molecule has 174 valence electrons. The molecule has 0 atom stereocenters. The highest BCUT2D eigenvalue weighted by molar-refractivity contribution is 7.93. The molecule has 0 fully saturated rings. The summed E-state index contributed by atoms with van der Waals surface area (Å²) in [5.41, 5.74) is 1.27. The summed E-state index contributed by atoms with van der Waals surface area (Å²) in [6, 6.07) is 5.87. The van der Waals surface area contributed by atoms with Crippen LogP contribution in [0, 0.1) is 6.92 Å². The first-order valence-corrected chi connectivity index (χ1v) is 14.3. The maximum absolute atomic E-state index is 13.2. The molecule has 15 heteroatoms. The molecule has 34 heavy (non-hydrogen) atoms. The Morgan fingerprint density at radius 3 is 1.76 bits per heavy atom. The lowest BCUT2D eigenvalue weighted by Crippen LogP contribution is -2.19. The standard InChI is InChI=1S/C19H13ClN6O4S4/c1-10-6-14(25-33(27,28)18-11-2-4-23-31-16(11)8-21-18)15(7-13(10)20)26-34(29,30)19-12-3-5-24-32-17(12)9-22-19/h2-9,25-26H,1H3. The Balaban J connectivity index is 1.54. The van der Waals surface area contributed by atoms with Crippen molar-refractivity contribution >= 4 is 66.1 Å². The number of aryl methyl sites for hydroxylation is 1. The van der Waals surface area contributed by atoms with Crippen LogP contribution in [0.15, 0.2) is 59.1 Å². The van der Waals surface area contributed by atoms with Crippen LogP contribution in [0.3, 0.4) is 0 Å². The molecule has 0 unspecified atom stereocenters. The van der Waals surface area contributed by atoms with E-state index in [9.17, 15) is 16.8 Å². The van der Waals surface area contributed by atoms with Crippen LogP contribution in [0.1, 0.15) is 5.56 Å². The number of nitrogens with one attached hydrogen (secondary N) is 2. The lowest BCUT2D eigenvalue weighted by atomic mass is 10.2. The van der Waals surface area contributed by atoms with Crippen LogP contribution >= 0.6 is 34.7 Å². The number of sulfonamides is 2. The molecule has 0 aromatic heterocycles. The van der Waals surface area contributed by atoms with E-state index in [0.29, 0.717) is 26.4 Å². The summed E-state index contributed by atoms with van der Waals surface area (Å²) < 4.78 is 65.5. The minimum Gasteiger partial charge on any atom is -0.276 e. The topological polar surface area (TPSA) is 144 Å². The van der Waals surface area contributed by atoms with Crippen molar-refractivity contribution in [1.29, 1.82) is 0 Å². The molecule has 10 nitrogen and oxygen atoms in total. The minimum absolute atomic E-state index is 0.0142. The highest BCUT2D eigenvalue weighted by Crippen LogP contribution is 2.37. The molecule has 4 heterocycles. The number of halogens is 1. The fourth-order valence-electron chi connectivity index (χ4n) is 3.23. The Bertz CT molecular complexity index is 1560. The van der Waals surface area contributed by atoms with Gasteiger partial charge in [-0.25, -0.2) is 18.7 Å². The predicted octanol–water partition coefficient (Wildman–Crippen LogP) is 4.16. The van der Waals surface area contributed by atoms with Gasteiger partial charge in [-0.1, -0.05) is 11.6 Å². The average Bonchev–Trinajstić information content (AvgIpc) is 3.42. The Kier molecular flexibility index (Phi) is 5.64. The van der Waals surface area contributed by atoms with E-state index in [1.807, 2.05) is 0 Å². The average molecular weight is 553 g/mol. The van der Waals surface area contributed by atoms with Gasteiger partial charge in [0.2, 0.25) is 0 Å². The quantitative estimate of drug-likeness (QED) is 0.319. The van der Waals surface area contributed by atoms with Gasteiger partial charge in [0.1, 0.15) is 0 Å². The fourth-order valence-corrected chi connectivity index (χ4v) is 7.14. The number of hydrogen-bond acceptors (Lipinski definition) is 10. The number of rotatable bonds is 6. The predicted molar refractivity (Wildman–Crippen MR) is 131 cm³/mol. The lowest BCUT2D eigenvalue weighted by Gasteiger charge is -2.16. The molecule has 0 saturated heterocycles. The molecule has 2 N–H and O–H groups in total. The number of hydrogen-bond donors (Lipinski definition) is 2. The molecule has 0 amide bonds. The third kappa shape index (κ3) is 4.07. The van der Waals surface area contributed by atoms with Crippen molar-refractivity contribution in [3.8, 4) is 20.9 Å². The van der Waals surface area contributed by atoms with E-state index in [0.717, 1.165) is 23.1 Å². The van der Waals surface area contributed by atoms with Gasteiger partial charge in [0.05, 0.1) is 21.1 Å². The van der Waals surface area contributed by atoms with Gasteiger partial charge in [-0.3, -0.25) is 9.44 Å². The molecule has 4 aliphatic rings. The Morgan fingerprint density at radius 2 is 1.26 bits per heavy atom. The molecular weight excluding hydrogens is 540 g/mol. The smallest absolute Gasteiger partial charge is 0.276 e. The summed E-state index contributed by atoms with van der Waals surface area (Å²) in [5.74, 6) is 0. The van der Waals surface area contributed by atoms with Crippen molar-refractivity contribution in [2.75, 3.05) is 9.44 Å². The molecule has 0 aliphatic carbocycles. The van der Waals surface area contributed by atoms with Crippen molar-refractivity contribution < 1.29 is 16.8 Å². The number of nitrogens with zero attached hydrogens (tertiary/aromatic N) is 4. The van der Waals surface area contributed by atoms with Gasteiger partial charge < -0.3 is 0 Å². The SMILES string of the molecule is Cc1cc(NS(=O)(=O)c2ncc3snccc2-3)c(NS(=O)(=O)c2ncc3snccc2-3)cc1Cl. The Hall–Kier alpha value is -2.91. The van der Waals surface area contributed by atoms with Crippen LogP contribution in [0.25, 0.3) is 20.9 Å². The zero-order valence-corrected chi connectivity index (χ0v) is 21.1. The van der Waals surface area contributed by atoms with Crippen molar-refractivity contribution in [2.24, 2.45) is 0 Å². The summed E-state index contributed by atoms with van der Waals surface area (Å²) >= 11 is 8.45. The van der Waals surface area contributed by atoms with E-state index in [1.165, 1.54) is 36.9 Å². The number of benzene rings is 1. The zero-order chi connectivity index (χ0) is 24.1. The summed E-state index contributed by atoms with van der Waals surface area (Å²) in [6.07, 6.45) is 5.78. The maximum atomic E-state index is 13.2. The van der Waals surface area contributed by atoms with Crippen LogP contribution in [0.4, 0.5) is 11.4 Å². The first-order valence-electron chi connectivity index (χ1n) is 9.40. The summed E-state index contributed by atoms with van der Waals surface area (Å²) in [6.45, 7) is 1.67. The molecule has 1 aromatic rings. The van der Waals surface area contributed by atoms with E-state index in [4.69, 9.17) is 11.6 Å². The second-order valence-corrected chi connectivity index (χ2v) is 12.3. The van der Waals surface area contributed by atoms with Crippen molar-refractivity contribution in [1.82, 2.24) is 18.7 Å². The van der Waals surface area contributed by atoms with Crippen molar-refractivity contribution in [2.45, 2.75) is 17.0 Å². The van der Waals surface area contributed by atoms with E-state index in [-0.39, 0.29) is 26.4 Å². The summed E-state index contributed by atoms with van der Waals surface area (Å²) in [7, 11) is -8.37. The van der Waals surface area contributed by atoms with E-state index in [2.05, 4.69) is 28.2 Å². The van der Waals surface area contributed by atoms with E-state index < -0.39 is 20.0 Å². The monoisotopic (exact) mass is 552 g/mol. The number of aromatic nitrogens is 4. The highest BCUT2D eigenvalue weighted by Gasteiger charge is 2.28. The molecule has 0 saturated carbocycles. The first-order chi connectivity index (χ1) is 16.2. The number of anilines is 2. The fraction of sp³-hybridized carbons (Fsp3) is 0.0526. The van der Waals surface area contributed by atoms with Gasteiger partial charge >= 0.3 is 0 Å². The lowest BCUT2D eigenvalue weighted by molar-refractivity contribution is 0.596. The molecular formula is C19H13ClN6O4S4. The summed E-state index contributed by atoms with van der Waals surface area (Å²) in [5, 5.41) is -0.151. The molecule has 0 radical (unpaired) electrons. The third-order valence-corrected chi connectivity index (χ3v) is 9.34. The van der Waals surface area contributed by atoms with Gasteiger partial charge in [-0.2, -0.15) is 16.8 Å². The van der Waals surface area contributed by atoms with Gasteiger partial charge in [-0.15, -0.1) is 0 Å². The first kappa shape index (κ1) is 22.9. The molecule has 4 aliphatic heterocycles. The second-order valence-electron chi connectivity index (χ2n) is 7.07. The summed E-state index contributed by atoms with van der Waals surface area (Å²) in [4.78, 5) is 9.23. The van der Waals surface area contributed by atoms with Gasteiger partial charge in [-0.05, 0) is 59.8 Å². The van der Waals surface area contributed by atoms with Gasteiger partial charge in [0, 0.05) is 40.9 Å². The van der Waals surface area contributed by atoms with Crippen molar-refractivity contribution in [3.63, 3.8) is 0 Å². The van der Waals surface area contributed by atoms with Crippen LogP contribution in [-0.2, 0) is 20.0 Å². The highest BCUT2D eigenvalue weighted by atomic mass is 35.5. The van der Waals surface area contributed by atoms with Gasteiger partial charge in [0.15, 0.2) is 10.1 Å². The maximum Gasteiger partial charge on any atom is 0.280 e. The molecule has 0 spiro atoms. The van der Waals surface area contributed by atoms with Crippen LogP contribution in [-0.4, -0.2) is 35.6 Å². The largest absolute Gasteiger partial charge is 0.280 e. The van der Waals surface area contributed by atoms with Crippen LogP contribution in [0.2, 0.25) is 5.02 Å². The molecule has 1 aromatic carbocycles. The second kappa shape index (κ2) is 8.39. The Morgan fingerprint density at radius 1 is 0.794 bits per heavy atom. The van der Waals surface area contributed by atoms with E-state index >= 15 is 0 Å². The minimum atomic E-state index is -4.19. The zero-order valence-electron chi connectivity index (χ0n) is 17.1. The van der Waals surface area contributed by atoms with Crippen LogP contribution < -0.4 is 9.44 Å². The van der Waals surface area contributed by atoms with Gasteiger partial charge in [0.25, 0.3) is 20.0 Å². The van der Waals surface area contributed by atoms with E-state index in [1.54, 1.807) is 19.1 Å². The number of fused-ring (bicyclic) bond motifs is 2. The molecule has 0 bridgehead atoms. The normalized spacial score (nSPS) is 12.3.